The largest absolute Gasteiger partial charge is 0.345 e. The zero-order valence-electron chi connectivity index (χ0n) is 27.3. The molecule has 0 fully saturated rings. The molecule has 3 rings (SSSR count). The van der Waals surface area contributed by atoms with Gasteiger partial charge in [-0.3, -0.25) is 9.59 Å². The van der Waals surface area contributed by atoms with Crippen LogP contribution in [0.1, 0.15) is 54.1 Å². The third-order valence-corrected chi connectivity index (χ3v) is 10.1. The van der Waals surface area contributed by atoms with E-state index in [1.165, 1.54) is 43.7 Å². The molecule has 0 aliphatic carbocycles. The molecule has 0 aliphatic heterocycles. The van der Waals surface area contributed by atoms with Crippen LogP contribution in [0, 0.1) is 41.5 Å². The number of thioether (sulfide) groups is 2. The van der Waals surface area contributed by atoms with Gasteiger partial charge in [0.15, 0.2) is 9.84 Å². The van der Waals surface area contributed by atoms with Crippen LogP contribution in [0.3, 0.4) is 0 Å². The molecular weight excluding hydrogens is 585 g/mol. The van der Waals surface area contributed by atoms with Crippen LogP contribution in [0.25, 0.3) is 0 Å². The number of carbonyl (C=O) groups is 2. The molecule has 0 radical (unpaired) electrons. The fraction of sp³-hybridized carbons (Fsp3) is 0.394. The monoisotopic (exact) mass is 630 g/mol. The maximum Gasteiger partial charge on any atom is 0.253 e. The summed E-state index contributed by atoms with van der Waals surface area (Å²) < 4.78 is 23.1. The minimum Gasteiger partial charge on any atom is -0.345 e. The van der Waals surface area contributed by atoms with Gasteiger partial charge >= 0.3 is 0 Å². The average Bonchev–Trinajstić information content (AvgIpc) is 2.92. The van der Waals surface area contributed by atoms with Crippen molar-refractivity contribution in [2.45, 2.75) is 56.2 Å². The Bertz CT molecular complexity index is 1530. The van der Waals surface area contributed by atoms with Crippen LogP contribution in [0.15, 0.2) is 57.2 Å². The number of amides is 2. The molecule has 3 aromatic rings. The van der Waals surface area contributed by atoms with Gasteiger partial charge in [0.1, 0.15) is 0 Å². The lowest BCUT2D eigenvalue weighted by atomic mass is 10.0. The summed E-state index contributed by atoms with van der Waals surface area (Å²) in [6.07, 6.45) is 5.33. The molecule has 0 saturated heterocycles. The number of sulfone groups is 1. The van der Waals surface area contributed by atoms with E-state index < -0.39 is 9.84 Å². The van der Waals surface area contributed by atoms with Crippen molar-refractivity contribution < 1.29 is 18.0 Å². The number of hydrogen-bond acceptors (Lipinski definition) is 6. The first-order valence-corrected chi connectivity index (χ1v) is 17.7. The number of rotatable bonds is 5. The second-order valence-electron chi connectivity index (χ2n) is 10.5. The van der Waals surface area contributed by atoms with Crippen molar-refractivity contribution in [2.24, 2.45) is 0 Å². The fourth-order valence-corrected chi connectivity index (χ4v) is 6.47. The summed E-state index contributed by atoms with van der Waals surface area (Å²) in [5.74, 6) is -0.0473. The van der Waals surface area contributed by atoms with E-state index in [9.17, 15) is 18.0 Å². The lowest BCUT2D eigenvalue weighted by Crippen LogP contribution is -2.23. The molecule has 2 amide bonds. The molecule has 42 heavy (non-hydrogen) atoms. The van der Waals surface area contributed by atoms with Crippen LogP contribution in [-0.4, -0.2) is 77.0 Å². The molecule has 230 valence electrons. The van der Waals surface area contributed by atoms with Crippen LogP contribution in [0.4, 0.5) is 0 Å². The number of hydrogen-bond donors (Lipinski definition) is 0. The lowest BCUT2D eigenvalue weighted by molar-refractivity contribution is 0.0819. The summed E-state index contributed by atoms with van der Waals surface area (Å²) in [7, 11) is 3.65. The quantitative estimate of drug-likeness (QED) is 0.279. The molecule has 0 saturated carbocycles. The van der Waals surface area contributed by atoms with Gasteiger partial charge in [-0.25, -0.2) is 8.42 Å². The molecule has 0 atom stereocenters. The second kappa shape index (κ2) is 16.2. The minimum atomic E-state index is -3.24. The second-order valence-corrected chi connectivity index (χ2v) is 14.2. The zero-order valence-corrected chi connectivity index (χ0v) is 29.7. The predicted molar refractivity (Wildman–Crippen MR) is 180 cm³/mol. The Morgan fingerprint density at radius 2 is 1.02 bits per heavy atom. The van der Waals surface area contributed by atoms with Crippen LogP contribution in [-0.2, 0) is 9.84 Å². The van der Waals surface area contributed by atoms with Crippen molar-refractivity contribution in [1.29, 1.82) is 0 Å². The highest BCUT2D eigenvalue weighted by molar-refractivity contribution is 7.98. The lowest BCUT2D eigenvalue weighted by Gasteiger charge is -2.15. The third kappa shape index (κ3) is 9.64. The smallest absolute Gasteiger partial charge is 0.253 e. The summed E-state index contributed by atoms with van der Waals surface area (Å²) in [4.78, 5) is 29.7. The highest BCUT2D eigenvalue weighted by Crippen LogP contribution is 2.26. The van der Waals surface area contributed by atoms with E-state index >= 15 is 0 Å². The standard InChI is InChI=1S/C12H17NO3S.C12H17NOS.C9H12S/c1-8-9(2)11(17(5,15)16)7-6-10(8)12(14)13(3)4;1-8-9(2)11(15-5)7-6-10(8)12(14)13(3)4;1-7-5-4-6-9(10-3)8(7)2/h6-7H,1-5H3;6-7H,1-5H3;4-6H,1-3H3. The van der Waals surface area contributed by atoms with E-state index in [0.29, 0.717) is 16.7 Å². The summed E-state index contributed by atoms with van der Waals surface area (Å²) in [5, 5.41) is 0. The van der Waals surface area contributed by atoms with E-state index in [0.717, 1.165) is 11.1 Å². The number of carbonyl (C=O) groups excluding carboxylic acids is 2. The molecule has 0 aliphatic rings. The van der Waals surface area contributed by atoms with E-state index in [4.69, 9.17) is 0 Å². The van der Waals surface area contributed by atoms with Crippen LogP contribution in [0.2, 0.25) is 0 Å². The van der Waals surface area contributed by atoms with Crippen LogP contribution < -0.4 is 0 Å². The van der Waals surface area contributed by atoms with Crippen molar-refractivity contribution in [3.05, 3.63) is 87.0 Å². The van der Waals surface area contributed by atoms with Gasteiger partial charge in [-0.1, -0.05) is 12.1 Å². The third-order valence-electron chi connectivity index (χ3n) is 7.14. The molecule has 0 aromatic heterocycles. The van der Waals surface area contributed by atoms with Crippen LogP contribution >= 0.6 is 23.5 Å². The summed E-state index contributed by atoms with van der Waals surface area (Å²) in [5.41, 5.74) is 7.78. The van der Waals surface area contributed by atoms with E-state index in [1.54, 1.807) is 64.8 Å². The molecule has 9 heteroatoms. The summed E-state index contributed by atoms with van der Waals surface area (Å²) in [6.45, 7) is 11.9. The Morgan fingerprint density at radius 1 is 0.595 bits per heavy atom. The number of benzene rings is 3. The Hall–Kier alpha value is -2.75. The van der Waals surface area contributed by atoms with Gasteiger partial charge in [-0.15, -0.1) is 23.5 Å². The maximum atomic E-state index is 11.9. The molecular formula is C33H46N2O4S3. The Morgan fingerprint density at radius 3 is 1.43 bits per heavy atom. The molecule has 0 unspecified atom stereocenters. The Kier molecular flexibility index (Phi) is 14.4. The molecule has 6 nitrogen and oxygen atoms in total. The van der Waals surface area contributed by atoms with Crippen molar-refractivity contribution in [2.75, 3.05) is 47.0 Å². The van der Waals surface area contributed by atoms with Gasteiger partial charge in [0, 0.05) is 55.4 Å². The molecule has 3 aromatic carbocycles. The van der Waals surface area contributed by atoms with Gasteiger partial charge in [0.05, 0.1) is 4.90 Å². The first kappa shape index (κ1) is 37.3. The van der Waals surface area contributed by atoms with Crippen LogP contribution in [0.5, 0.6) is 0 Å². The average molecular weight is 631 g/mol. The van der Waals surface area contributed by atoms with Crippen molar-refractivity contribution in [3.63, 3.8) is 0 Å². The van der Waals surface area contributed by atoms with E-state index in [-0.39, 0.29) is 16.7 Å². The zero-order chi connectivity index (χ0) is 32.5. The Labute approximate surface area is 262 Å². The molecule has 0 spiro atoms. The topological polar surface area (TPSA) is 74.8 Å². The molecule has 0 bridgehead atoms. The number of aryl methyl sites for hydroxylation is 1. The summed E-state index contributed by atoms with van der Waals surface area (Å²) in [6, 6.07) is 13.4. The van der Waals surface area contributed by atoms with Gasteiger partial charge in [-0.05, 0) is 118 Å². The summed E-state index contributed by atoms with van der Waals surface area (Å²) >= 11 is 3.52. The first-order chi connectivity index (χ1) is 19.4. The van der Waals surface area contributed by atoms with E-state index in [1.807, 2.05) is 30.8 Å². The SMILES string of the molecule is CSc1ccc(C(=O)N(C)C)c(C)c1C.CSc1cccc(C)c1C.Cc1c(C(=O)N(C)C)ccc(S(C)(=O)=O)c1C. The van der Waals surface area contributed by atoms with Crippen molar-refractivity contribution >= 4 is 45.2 Å². The number of nitrogens with zero attached hydrogens (tertiary/aromatic N) is 2. The molecule has 0 N–H and O–H groups in total. The normalized spacial score (nSPS) is 10.6. The Balaban J connectivity index is 0.000000325. The predicted octanol–water partition coefficient (Wildman–Crippen LogP) is 7.16. The highest BCUT2D eigenvalue weighted by Gasteiger charge is 2.18. The highest BCUT2D eigenvalue weighted by atomic mass is 32.2. The molecule has 0 heterocycles. The van der Waals surface area contributed by atoms with Gasteiger partial charge in [0.2, 0.25) is 0 Å². The van der Waals surface area contributed by atoms with Gasteiger partial charge in [0.25, 0.3) is 11.8 Å². The maximum absolute atomic E-state index is 11.9. The van der Waals surface area contributed by atoms with Crippen molar-refractivity contribution in [1.82, 2.24) is 9.80 Å². The van der Waals surface area contributed by atoms with Crippen molar-refractivity contribution in [3.8, 4) is 0 Å². The minimum absolute atomic E-state index is 0.0725. The first-order valence-electron chi connectivity index (χ1n) is 13.4. The van der Waals surface area contributed by atoms with Gasteiger partial charge in [-0.2, -0.15) is 0 Å². The fourth-order valence-electron chi connectivity index (χ4n) is 4.10. The van der Waals surface area contributed by atoms with E-state index in [2.05, 4.69) is 51.5 Å². The van der Waals surface area contributed by atoms with Gasteiger partial charge < -0.3 is 9.80 Å².